The van der Waals surface area contributed by atoms with Crippen LogP contribution in [0.15, 0.2) is 23.3 Å². The summed E-state index contributed by atoms with van der Waals surface area (Å²) in [6.07, 6.45) is 0.540. The van der Waals surface area contributed by atoms with E-state index in [1.54, 1.807) is 6.07 Å². The van der Waals surface area contributed by atoms with Crippen LogP contribution in [0.2, 0.25) is 0 Å². The molecule has 1 aromatic carbocycles. The molecule has 0 bridgehead atoms. The van der Waals surface area contributed by atoms with Gasteiger partial charge in [-0.25, -0.2) is 0 Å². The molecule has 1 N–H and O–H groups in total. The topological polar surface area (TPSA) is 77.9 Å². The van der Waals surface area contributed by atoms with Gasteiger partial charge in [-0.15, -0.1) is 0 Å². The highest BCUT2D eigenvalue weighted by atomic mass is 16.1. The number of hydrogen-bond acceptors (Lipinski definition) is 2. The van der Waals surface area contributed by atoms with E-state index in [4.69, 9.17) is 5.53 Å². The van der Waals surface area contributed by atoms with E-state index in [0.717, 1.165) is 16.7 Å². The van der Waals surface area contributed by atoms with E-state index in [1.807, 2.05) is 12.1 Å². The SMILES string of the molecule is [N-]=[N+]=NCCC#Cc1ccc2c(c1)CNC2=O. The Balaban J connectivity index is 2.08. The van der Waals surface area contributed by atoms with Gasteiger partial charge in [0.1, 0.15) is 0 Å². The molecule has 0 saturated carbocycles. The Labute approximate surface area is 98.5 Å². The van der Waals surface area contributed by atoms with Crippen LogP contribution in [0.25, 0.3) is 10.4 Å². The lowest BCUT2D eigenvalue weighted by Crippen LogP contribution is -2.12. The van der Waals surface area contributed by atoms with Gasteiger partial charge in [0.05, 0.1) is 0 Å². The second kappa shape index (κ2) is 5.06. The molecule has 0 spiro atoms. The molecule has 0 fully saturated rings. The minimum absolute atomic E-state index is 0.0251. The van der Waals surface area contributed by atoms with Crippen LogP contribution in [0.5, 0.6) is 0 Å². The molecule has 0 saturated heterocycles. The molecule has 0 aromatic heterocycles. The molecule has 1 aromatic rings. The summed E-state index contributed by atoms with van der Waals surface area (Å²) >= 11 is 0. The van der Waals surface area contributed by atoms with E-state index >= 15 is 0 Å². The molecule has 0 atom stereocenters. The first kappa shape index (κ1) is 11.1. The molecule has 1 aliphatic rings. The summed E-state index contributed by atoms with van der Waals surface area (Å²) in [5.41, 5.74) is 10.7. The normalized spacial score (nSPS) is 11.9. The number of fused-ring (bicyclic) bond motifs is 1. The summed E-state index contributed by atoms with van der Waals surface area (Å²) in [6, 6.07) is 5.52. The minimum atomic E-state index is -0.0251. The third-order valence-electron chi connectivity index (χ3n) is 2.42. The Morgan fingerprint density at radius 2 is 2.41 bits per heavy atom. The summed E-state index contributed by atoms with van der Waals surface area (Å²) in [5, 5.41) is 6.15. The molecular formula is C12H10N4O. The van der Waals surface area contributed by atoms with Crippen molar-refractivity contribution in [3.05, 3.63) is 45.3 Å². The molecule has 1 amide bonds. The van der Waals surface area contributed by atoms with Gasteiger partial charge in [0, 0.05) is 35.5 Å². The van der Waals surface area contributed by atoms with E-state index in [9.17, 15) is 4.79 Å². The molecule has 0 radical (unpaired) electrons. The summed E-state index contributed by atoms with van der Waals surface area (Å²) < 4.78 is 0. The zero-order valence-electron chi connectivity index (χ0n) is 9.10. The largest absolute Gasteiger partial charge is 0.348 e. The number of nitrogens with zero attached hydrogens (tertiary/aromatic N) is 3. The molecule has 1 heterocycles. The third-order valence-corrected chi connectivity index (χ3v) is 2.42. The maximum atomic E-state index is 11.3. The lowest BCUT2D eigenvalue weighted by Gasteiger charge is -1.95. The highest BCUT2D eigenvalue weighted by Crippen LogP contribution is 2.16. The summed E-state index contributed by atoms with van der Waals surface area (Å²) in [6.45, 7) is 0.955. The predicted octanol–water partition coefficient (Wildman–Crippen LogP) is 1.98. The van der Waals surface area contributed by atoms with Gasteiger partial charge in [-0.3, -0.25) is 4.79 Å². The lowest BCUT2D eigenvalue weighted by atomic mass is 10.1. The molecule has 84 valence electrons. The first-order chi connectivity index (χ1) is 8.31. The first-order valence-corrected chi connectivity index (χ1v) is 5.22. The van der Waals surface area contributed by atoms with Gasteiger partial charge in [0.15, 0.2) is 0 Å². The minimum Gasteiger partial charge on any atom is -0.348 e. The lowest BCUT2D eigenvalue weighted by molar-refractivity contribution is 0.0966. The second-order valence-corrected chi connectivity index (χ2v) is 3.56. The third kappa shape index (κ3) is 2.57. The molecular weight excluding hydrogens is 216 g/mol. The molecule has 2 rings (SSSR count). The smallest absolute Gasteiger partial charge is 0.251 e. The van der Waals surface area contributed by atoms with Crippen molar-refractivity contribution in [2.45, 2.75) is 13.0 Å². The molecule has 0 unspecified atom stereocenters. The monoisotopic (exact) mass is 226 g/mol. The quantitative estimate of drug-likeness (QED) is 0.270. The fourth-order valence-electron chi connectivity index (χ4n) is 1.63. The van der Waals surface area contributed by atoms with Crippen LogP contribution in [0.4, 0.5) is 0 Å². The highest BCUT2D eigenvalue weighted by Gasteiger charge is 2.17. The van der Waals surface area contributed by atoms with Crippen LogP contribution in [-0.4, -0.2) is 12.5 Å². The predicted molar refractivity (Wildman–Crippen MR) is 63.1 cm³/mol. The molecule has 1 aliphatic heterocycles. The highest BCUT2D eigenvalue weighted by molar-refractivity contribution is 5.98. The summed E-state index contributed by atoms with van der Waals surface area (Å²) in [5.74, 6) is 5.87. The first-order valence-electron chi connectivity index (χ1n) is 5.22. The maximum Gasteiger partial charge on any atom is 0.251 e. The van der Waals surface area contributed by atoms with Gasteiger partial charge < -0.3 is 5.32 Å². The van der Waals surface area contributed by atoms with Crippen molar-refractivity contribution in [1.29, 1.82) is 0 Å². The second-order valence-electron chi connectivity index (χ2n) is 3.56. The van der Waals surface area contributed by atoms with Gasteiger partial charge in [0.2, 0.25) is 0 Å². The van der Waals surface area contributed by atoms with Crippen LogP contribution in [0.3, 0.4) is 0 Å². The number of hydrogen-bond donors (Lipinski definition) is 1. The van der Waals surface area contributed by atoms with Crippen molar-refractivity contribution in [3.8, 4) is 11.8 Å². The van der Waals surface area contributed by atoms with E-state index in [1.165, 1.54) is 0 Å². The Kier molecular flexibility index (Phi) is 3.29. The fourth-order valence-corrected chi connectivity index (χ4v) is 1.63. The van der Waals surface area contributed by atoms with Crippen molar-refractivity contribution >= 4 is 5.91 Å². The van der Waals surface area contributed by atoms with Gasteiger partial charge >= 0.3 is 0 Å². The average molecular weight is 226 g/mol. The Morgan fingerprint density at radius 3 is 3.24 bits per heavy atom. The van der Waals surface area contributed by atoms with Gasteiger partial charge in [-0.1, -0.05) is 17.0 Å². The zero-order valence-corrected chi connectivity index (χ0v) is 9.10. The van der Waals surface area contributed by atoms with Crippen LogP contribution < -0.4 is 5.32 Å². The summed E-state index contributed by atoms with van der Waals surface area (Å²) in [7, 11) is 0. The Hall–Kier alpha value is -2.44. The van der Waals surface area contributed by atoms with Gasteiger partial charge in [-0.2, -0.15) is 0 Å². The zero-order chi connectivity index (χ0) is 12.1. The molecule has 17 heavy (non-hydrogen) atoms. The number of benzene rings is 1. The number of rotatable bonds is 2. The number of carbonyl (C=O) groups is 1. The van der Waals surface area contributed by atoms with E-state index in [-0.39, 0.29) is 5.91 Å². The molecule has 5 heteroatoms. The van der Waals surface area contributed by atoms with Crippen LogP contribution in [0, 0.1) is 11.8 Å². The number of amides is 1. The van der Waals surface area contributed by atoms with Gasteiger partial charge in [0.25, 0.3) is 5.91 Å². The van der Waals surface area contributed by atoms with E-state index < -0.39 is 0 Å². The Bertz CT molecular complexity index is 562. The Morgan fingerprint density at radius 1 is 1.53 bits per heavy atom. The van der Waals surface area contributed by atoms with Crippen LogP contribution in [-0.2, 0) is 6.54 Å². The van der Waals surface area contributed by atoms with E-state index in [0.29, 0.717) is 19.5 Å². The fraction of sp³-hybridized carbons (Fsp3) is 0.250. The van der Waals surface area contributed by atoms with Crippen LogP contribution >= 0.6 is 0 Å². The van der Waals surface area contributed by atoms with Crippen molar-refractivity contribution in [3.63, 3.8) is 0 Å². The van der Waals surface area contributed by atoms with Crippen LogP contribution in [0.1, 0.15) is 27.9 Å². The molecule has 0 aliphatic carbocycles. The number of carbonyl (C=O) groups excluding carboxylic acids is 1. The average Bonchev–Trinajstić information content (AvgIpc) is 2.71. The van der Waals surface area contributed by atoms with Crippen molar-refractivity contribution in [2.24, 2.45) is 5.11 Å². The number of nitrogens with one attached hydrogen (secondary N) is 1. The van der Waals surface area contributed by atoms with Crippen molar-refractivity contribution in [2.75, 3.05) is 6.54 Å². The van der Waals surface area contributed by atoms with Crippen molar-refractivity contribution < 1.29 is 4.79 Å². The van der Waals surface area contributed by atoms with Crippen molar-refractivity contribution in [1.82, 2.24) is 5.32 Å². The standard InChI is InChI=1S/C12H10N4O/c13-16-15-6-2-1-3-9-4-5-11-10(7-9)8-14-12(11)17/h4-5,7H,2,6,8H2,(H,14,17). The maximum absolute atomic E-state index is 11.3. The number of azide groups is 1. The van der Waals surface area contributed by atoms with Gasteiger partial charge in [-0.05, 0) is 29.3 Å². The van der Waals surface area contributed by atoms with E-state index in [2.05, 4.69) is 27.2 Å². The summed E-state index contributed by atoms with van der Waals surface area (Å²) in [4.78, 5) is 14.0. The molecule has 5 nitrogen and oxygen atoms in total.